The van der Waals surface area contributed by atoms with E-state index in [1.54, 1.807) is 0 Å². The lowest BCUT2D eigenvalue weighted by Gasteiger charge is -2.32. The normalized spacial score (nSPS) is 18.5. The Morgan fingerprint density at radius 3 is 2.10 bits per heavy atom. The Morgan fingerprint density at radius 1 is 1.00 bits per heavy atom. The second-order valence-corrected chi connectivity index (χ2v) is 4.54. The van der Waals surface area contributed by atoms with Gasteiger partial charge in [0.1, 0.15) is 0 Å². The predicted molar refractivity (Wildman–Crippen MR) is 62.5 cm³/mol. The van der Waals surface area contributed by atoms with E-state index < -0.39 is 23.7 Å². The van der Waals surface area contributed by atoms with Crippen LogP contribution in [-0.4, -0.2) is 17.4 Å². The Balaban J connectivity index is 2.10. The molecule has 0 unspecified atom stereocenters. The molecular weight excluding hydrogens is 320 g/mol. The Labute approximate surface area is 119 Å². The molecule has 0 bridgehead atoms. The van der Waals surface area contributed by atoms with Gasteiger partial charge in [-0.15, -0.1) is 0 Å². The first-order chi connectivity index (χ1) is 9.69. The summed E-state index contributed by atoms with van der Waals surface area (Å²) < 4.78 is 65.1. The minimum absolute atomic E-state index is 0.0350. The third-order valence-corrected chi connectivity index (χ3v) is 2.96. The molecule has 21 heavy (non-hydrogen) atoms. The number of nitrogen functional groups attached to an aromatic ring is 1. The number of alkyl halides is 4. The first-order valence-corrected chi connectivity index (χ1v) is 5.77. The SMILES string of the molecule is Nc1cc(-c2cc3c(cc2Cl)OC(F)(F)C(F)(F)O3)on1. The zero-order valence-electron chi connectivity index (χ0n) is 9.87. The van der Waals surface area contributed by atoms with Crippen LogP contribution >= 0.6 is 11.6 Å². The molecule has 0 aliphatic carbocycles. The van der Waals surface area contributed by atoms with Crippen LogP contribution in [0.25, 0.3) is 11.3 Å². The molecule has 2 heterocycles. The van der Waals surface area contributed by atoms with Gasteiger partial charge in [0.15, 0.2) is 23.1 Å². The number of nitrogens with two attached hydrogens (primary N) is 1. The lowest BCUT2D eigenvalue weighted by atomic mass is 10.1. The average Bonchev–Trinajstić information content (AvgIpc) is 2.77. The van der Waals surface area contributed by atoms with E-state index in [0.717, 1.165) is 12.1 Å². The second kappa shape index (κ2) is 4.17. The van der Waals surface area contributed by atoms with Gasteiger partial charge in [-0.1, -0.05) is 16.8 Å². The molecule has 0 atom stereocenters. The largest absolute Gasteiger partial charge is 0.507 e. The first-order valence-electron chi connectivity index (χ1n) is 5.39. The van der Waals surface area contributed by atoms with E-state index in [2.05, 4.69) is 14.6 Å². The average molecular weight is 325 g/mol. The van der Waals surface area contributed by atoms with Crippen LogP contribution in [0.2, 0.25) is 5.02 Å². The molecule has 0 spiro atoms. The zero-order valence-corrected chi connectivity index (χ0v) is 10.6. The number of hydrogen-bond acceptors (Lipinski definition) is 5. The second-order valence-electron chi connectivity index (χ2n) is 4.13. The number of fused-ring (bicyclic) bond motifs is 1. The van der Waals surface area contributed by atoms with Gasteiger partial charge in [-0.3, -0.25) is 0 Å². The van der Waals surface area contributed by atoms with Crippen LogP contribution < -0.4 is 15.2 Å². The van der Waals surface area contributed by atoms with Crippen LogP contribution in [0.3, 0.4) is 0 Å². The Kier molecular flexibility index (Phi) is 2.74. The Morgan fingerprint density at radius 2 is 1.57 bits per heavy atom. The third kappa shape index (κ3) is 2.13. The minimum Gasteiger partial charge on any atom is -0.421 e. The van der Waals surface area contributed by atoms with Gasteiger partial charge in [0.25, 0.3) is 0 Å². The van der Waals surface area contributed by atoms with Crippen molar-refractivity contribution in [3.63, 3.8) is 0 Å². The molecule has 3 rings (SSSR count). The molecular formula is C11H5ClF4N2O3. The molecule has 2 N–H and O–H groups in total. The maximum atomic E-state index is 13.1. The monoisotopic (exact) mass is 324 g/mol. The lowest BCUT2D eigenvalue weighted by Crippen LogP contribution is -2.52. The molecule has 1 aliphatic heterocycles. The minimum atomic E-state index is -4.81. The highest BCUT2D eigenvalue weighted by Crippen LogP contribution is 2.49. The van der Waals surface area contributed by atoms with Gasteiger partial charge in [-0.05, 0) is 6.07 Å². The summed E-state index contributed by atoms with van der Waals surface area (Å²) in [6.45, 7) is 0. The van der Waals surface area contributed by atoms with Crippen molar-refractivity contribution in [2.24, 2.45) is 0 Å². The van der Waals surface area contributed by atoms with E-state index in [1.807, 2.05) is 0 Å². The molecule has 10 heteroatoms. The van der Waals surface area contributed by atoms with Gasteiger partial charge >= 0.3 is 12.2 Å². The summed E-state index contributed by atoms with van der Waals surface area (Å²) in [7, 11) is 0. The van der Waals surface area contributed by atoms with E-state index in [-0.39, 0.29) is 22.2 Å². The molecule has 5 nitrogen and oxygen atoms in total. The maximum Gasteiger partial charge on any atom is 0.507 e. The molecule has 1 aromatic heterocycles. The van der Waals surface area contributed by atoms with E-state index in [9.17, 15) is 17.6 Å². The van der Waals surface area contributed by atoms with E-state index in [0.29, 0.717) is 0 Å². The van der Waals surface area contributed by atoms with Gasteiger partial charge < -0.3 is 19.7 Å². The van der Waals surface area contributed by atoms with Gasteiger partial charge in [-0.2, -0.15) is 17.6 Å². The summed E-state index contributed by atoms with van der Waals surface area (Å²) in [6.07, 6.45) is -9.62. The summed E-state index contributed by atoms with van der Waals surface area (Å²) in [5.41, 5.74) is 5.45. The fourth-order valence-electron chi connectivity index (χ4n) is 1.69. The quantitative estimate of drug-likeness (QED) is 0.812. The van der Waals surface area contributed by atoms with E-state index >= 15 is 0 Å². The summed E-state index contributed by atoms with van der Waals surface area (Å²) in [5, 5.41) is 3.31. The van der Waals surface area contributed by atoms with Crippen LogP contribution in [0.5, 0.6) is 11.5 Å². The number of rotatable bonds is 1. The van der Waals surface area contributed by atoms with Crippen LogP contribution in [0, 0.1) is 0 Å². The number of aromatic nitrogens is 1. The van der Waals surface area contributed by atoms with Crippen LogP contribution in [0.15, 0.2) is 22.7 Å². The van der Waals surface area contributed by atoms with Gasteiger partial charge in [-0.25, -0.2) is 0 Å². The molecule has 2 aromatic rings. The number of anilines is 1. The summed E-state index contributed by atoms with van der Waals surface area (Å²) >= 11 is 5.87. The van der Waals surface area contributed by atoms with Crippen molar-refractivity contribution in [1.29, 1.82) is 0 Å². The van der Waals surface area contributed by atoms with Crippen molar-refractivity contribution in [3.8, 4) is 22.8 Å². The van der Waals surface area contributed by atoms with Crippen molar-refractivity contribution in [2.75, 3.05) is 5.73 Å². The third-order valence-electron chi connectivity index (χ3n) is 2.64. The molecule has 0 radical (unpaired) electrons. The Hall–Kier alpha value is -2.16. The first kappa shape index (κ1) is 13.8. The van der Waals surface area contributed by atoms with Gasteiger partial charge in [0.05, 0.1) is 5.02 Å². The van der Waals surface area contributed by atoms with Gasteiger partial charge in [0, 0.05) is 17.7 Å². The van der Waals surface area contributed by atoms with Crippen LogP contribution in [-0.2, 0) is 0 Å². The molecule has 1 aliphatic rings. The topological polar surface area (TPSA) is 70.5 Å². The molecule has 1 aromatic carbocycles. The van der Waals surface area contributed by atoms with Gasteiger partial charge in [0.2, 0.25) is 0 Å². The van der Waals surface area contributed by atoms with E-state index in [4.69, 9.17) is 21.9 Å². The highest BCUT2D eigenvalue weighted by Gasteiger charge is 2.66. The summed E-state index contributed by atoms with van der Waals surface area (Å²) in [4.78, 5) is 0. The van der Waals surface area contributed by atoms with Crippen molar-refractivity contribution in [1.82, 2.24) is 5.16 Å². The number of halogens is 5. The maximum absolute atomic E-state index is 13.1. The number of hydrogen-bond donors (Lipinski definition) is 1. The fraction of sp³-hybridized carbons (Fsp3) is 0.182. The zero-order chi connectivity index (χ0) is 15.4. The van der Waals surface area contributed by atoms with Crippen molar-refractivity contribution >= 4 is 17.4 Å². The molecule has 112 valence electrons. The van der Waals surface area contributed by atoms with Crippen molar-refractivity contribution in [2.45, 2.75) is 12.2 Å². The standard InChI is InChI=1S/C11H5ClF4N2O3/c12-5-2-8-7(19-10(13,14)11(15,16)20-8)1-4(5)6-3-9(17)18-21-6/h1-3H,(H2,17,18). The summed E-state index contributed by atoms with van der Waals surface area (Å²) in [6, 6.07) is 3.17. The van der Waals surface area contributed by atoms with Crippen LogP contribution in [0.4, 0.5) is 23.4 Å². The van der Waals surface area contributed by atoms with E-state index in [1.165, 1.54) is 6.07 Å². The number of nitrogens with zero attached hydrogens (tertiary/aromatic N) is 1. The molecule has 0 saturated carbocycles. The fourth-order valence-corrected chi connectivity index (χ4v) is 1.94. The highest BCUT2D eigenvalue weighted by molar-refractivity contribution is 6.33. The smallest absolute Gasteiger partial charge is 0.421 e. The lowest BCUT2D eigenvalue weighted by molar-refractivity contribution is -0.391. The molecule has 0 amide bonds. The molecule has 0 fully saturated rings. The number of ether oxygens (including phenoxy) is 2. The predicted octanol–water partition coefficient (Wildman–Crippen LogP) is 3.53. The van der Waals surface area contributed by atoms with Crippen LogP contribution in [0.1, 0.15) is 0 Å². The van der Waals surface area contributed by atoms with Crippen molar-refractivity contribution in [3.05, 3.63) is 23.2 Å². The summed E-state index contributed by atoms with van der Waals surface area (Å²) in [5.74, 6) is -1.13. The number of benzene rings is 1. The van der Waals surface area contributed by atoms with Crippen molar-refractivity contribution < 1.29 is 31.6 Å². The Bertz CT molecular complexity index is 719. The molecule has 0 saturated heterocycles. The highest BCUT2D eigenvalue weighted by atomic mass is 35.5.